The van der Waals surface area contributed by atoms with E-state index < -0.39 is 0 Å². The monoisotopic (exact) mass is 344 g/mol. The van der Waals surface area contributed by atoms with Gasteiger partial charge >= 0.3 is 0 Å². The van der Waals surface area contributed by atoms with Crippen molar-refractivity contribution in [3.63, 3.8) is 0 Å². The minimum absolute atomic E-state index is 0.0445. The Balaban J connectivity index is 2.03. The predicted octanol–water partition coefficient (Wildman–Crippen LogP) is 4.19. The largest absolute Gasteiger partial charge is 0.384 e. The molecule has 0 saturated carbocycles. The van der Waals surface area contributed by atoms with Crippen LogP contribution in [0.4, 0.5) is 0 Å². The van der Waals surface area contributed by atoms with Crippen molar-refractivity contribution in [2.24, 2.45) is 5.73 Å². The smallest absolute Gasteiger partial charge is 0.141 e. The number of nitrogen functional groups attached to an aromatic ring is 1. The van der Waals surface area contributed by atoms with Crippen LogP contribution in [-0.4, -0.2) is 15.4 Å². The number of rotatable bonds is 4. The molecule has 0 radical (unpaired) electrons. The van der Waals surface area contributed by atoms with Crippen LogP contribution >= 0.6 is 23.2 Å². The fourth-order valence-electron chi connectivity index (χ4n) is 2.45. The standard InChI is InChI=1S/C17H14Cl2N4/c18-12-5-6-15(19)14(9-12)17-22-7-8-23(17)10-11-3-1-2-4-13(11)16(20)21/h1-9H,10H2,(H3,20,21). The molecule has 4 nitrogen and oxygen atoms in total. The molecule has 1 heterocycles. The molecular weight excluding hydrogens is 331 g/mol. The summed E-state index contributed by atoms with van der Waals surface area (Å²) in [6, 6.07) is 12.8. The molecule has 116 valence electrons. The summed E-state index contributed by atoms with van der Waals surface area (Å²) in [4.78, 5) is 4.39. The Kier molecular flexibility index (Phi) is 4.37. The lowest BCUT2D eigenvalue weighted by molar-refractivity contribution is 0.805. The highest BCUT2D eigenvalue weighted by Gasteiger charge is 2.13. The van der Waals surface area contributed by atoms with Crippen molar-refractivity contribution in [1.82, 2.24) is 9.55 Å². The van der Waals surface area contributed by atoms with E-state index in [0.717, 1.165) is 17.0 Å². The second-order valence-electron chi connectivity index (χ2n) is 5.07. The molecule has 0 aliphatic heterocycles. The van der Waals surface area contributed by atoms with Gasteiger partial charge in [-0.05, 0) is 23.8 Å². The van der Waals surface area contributed by atoms with E-state index in [1.54, 1.807) is 24.4 Å². The molecule has 0 unspecified atom stereocenters. The Bertz CT molecular complexity index is 871. The van der Waals surface area contributed by atoms with Gasteiger partial charge in [0.15, 0.2) is 0 Å². The highest BCUT2D eigenvalue weighted by Crippen LogP contribution is 2.30. The molecule has 1 aromatic heterocycles. The summed E-state index contributed by atoms with van der Waals surface area (Å²) < 4.78 is 1.96. The van der Waals surface area contributed by atoms with E-state index in [9.17, 15) is 0 Å². The van der Waals surface area contributed by atoms with Crippen LogP contribution in [0.2, 0.25) is 10.0 Å². The van der Waals surface area contributed by atoms with Gasteiger partial charge in [-0.1, -0.05) is 47.5 Å². The van der Waals surface area contributed by atoms with Gasteiger partial charge in [0.1, 0.15) is 11.7 Å². The third kappa shape index (κ3) is 3.23. The zero-order valence-corrected chi connectivity index (χ0v) is 13.6. The zero-order chi connectivity index (χ0) is 16.4. The zero-order valence-electron chi connectivity index (χ0n) is 12.1. The lowest BCUT2D eigenvalue weighted by Crippen LogP contribution is -2.15. The van der Waals surface area contributed by atoms with Gasteiger partial charge < -0.3 is 10.3 Å². The first-order chi connectivity index (χ1) is 11.1. The minimum atomic E-state index is 0.0445. The van der Waals surface area contributed by atoms with Crippen LogP contribution in [0, 0.1) is 5.41 Å². The fraction of sp³-hybridized carbons (Fsp3) is 0.0588. The van der Waals surface area contributed by atoms with Crippen molar-refractivity contribution in [2.45, 2.75) is 6.54 Å². The summed E-state index contributed by atoms with van der Waals surface area (Å²) in [7, 11) is 0. The van der Waals surface area contributed by atoms with Gasteiger partial charge in [-0.25, -0.2) is 4.98 Å². The van der Waals surface area contributed by atoms with E-state index in [0.29, 0.717) is 22.2 Å². The fourth-order valence-corrected chi connectivity index (χ4v) is 2.83. The quantitative estimate of drug-likeness (QED) is 0.550. The molecule has 0 aliphatic carbocycles. The average molecular weight is 345 g/mol. The first-order valence-corrected chi connectivity index (χ1v) is 7.70. The molecule has 3 aromatic rings. The maximum atomic E-state index is 7.70. The van der Waals surface area contributed by atoms with Crippen LogP contribution in [0.15, 0.2) is 54.9 Å². The normalized spacial score (nSPS) is 10.7. The maximum Gasteiger partial charge on any atom is 0.141 e. The van der Waals surface area contributed by atoms with E-state index in [1.165, 1.54) is 0 Å². The summed E-state index contributed by atoms with van der Waals surface area (Å²) in [5.41, 5.74) is 8.08. The number of benzene rings is 2. The van der Waals surface area contributed by atoms with Crippen LogP contribution in [-0.2, 0) is 6.54 Å². The molecule has 0 atom stereocenters. The molecule has 0 spiro atoms. The van der Waals surface area contributed by atoms with Crippen LogP contribution in [0.5, 0.6) is 0 Å². The number of amidine groups is 1. The van der Waals surface area contributed by atoms with Crippen molar-refractivity contribution in [3.8, 4) is 11.4 Å². The number of imidazole rings is 1. The van der Waals surface area contributed by atoms with Gasteiger partial charge in [-0.15, -0.1) is 0 Å². The maximum absolute atomic E-state index is 7.70. The molecule has 3 N–H and O–H groups in total. The molecule has 0 saturated heterocycles. The summed E-state index contributed by atoms with van der Waals surface area (Å²) in [6.07, 6.45) is 3.58. The van der Waals surface area contributed by atoms with Gasteiger partial charge in [-0.3, -0.25) is 5.41 Å². The van der Waals surface area contributed by atoms with Gasteiger partial charge in [0.05, 0.1) is 5.02 Å². The number of nitrogens with one attached hydrogen (secondary N) is 1. The van der Waals surface area contributed by atoms with E-state index in [2.05, 4.69) is 4.98 Å². The van der Waals surface area contributed by atoms with Crippen molar-refractivity contribution in [2.75, 3.05) is 0 Å². The Morgan fingerprint density at radius 2 is 1.96 bits per heavy atom. The predicted molar refractivity (Wildman–Crippen MR) is 94.2 cm³/mol. The molecule has 23 heavy (non-hydrogen) atoms. The SMILES string of the molecule is N=C(N)c1ccccc1Cn1ccnc1-c1cc(Cl)ccc1Cl. The summed E-state index contributed by atoms with van der Waals surface area (Å²) in [5.74, 6) is 0.763. The van der Waals surface area contributed by atoms with Gasteiger partial charge in [0.25, 0.3) is 0 Å². The van der Waals surface area contributed by atoms with E-state index in [4.69, 9.17) is 34.3 Å². The van der Waals surface area contributed by atoms with Crippen molar-refractivity contribution in [3.05, 3.63) is 76.0 Å². The Hall–Kier alpha value is -2.30. The van der Waals surface area contributed by atoms with E-state index >= 15 is 0 Å². The molecule has 0 aliphatic rings. The van der Waals surface area contributed by atoms with Crippen molar-refractivity contribution in [1.29, 1.82) is 5.41 Å². The highest BCUT2D eigenvalue weighted by atomic mass is 35.5. The van der Waals surface area contributed by atoms with Crippen LogP contribution in [0.1, 0.15) is 11.1 Å². The Morgan fingerprint density at radius 1 is 1.17 bits per heavy atom. The van der Waals surface area contributed by atoms with Crippen molar-refractivity contribution >= 4 is 29.0 Å². The number of nitrogens with zero attached hydrogens (tertiary/aromatic N) is 2. The molecule has 3 rings (SSSR count). The lowest BCUT2D eigenvalue weighted by atomic mass is 10.1. The number of halogens is 2. The number of hydrogen-bond donors (Lipinski definition) is 2. The van der Waals surface area contributed by atoms with Crippen LogP contribution in [0.3, 0.4) is 0 Å². The highest BCUT2D eigenvalue weighted by molar-refractivity contribution is 6.35. The Labute approximate surface area is 144 Å². The number of hydrogen-bond acceptors (Lipinski definition) is 2. The van der Waals surface area contributed by atoms with Crippen molar-refractivity contribution < 1.29 is 0 Å². The average Bonchev–Trinajstić information content (AvgIpc) is 2.98. The summed E-state index contributed by atoms with van der Waals surface area (Å²) in [5, 5.41) is 8.88. The second kappa shape index (κ2) is 6.44. The van der Waals surface area contributed by atoms with E-state index in [1.807, 2.05) is 35.0 Å². The summed E-state index contributed by atoms with van der Waals surface area (Å²) >= 11 is 12.4. The molecule has 0 bridgehead atoms. The molecule has 0 amide bonds. The van der Waals surface area contributed by atoms with Crippen LogP contribution in [0.25, 0.3) is 11.4 Å². The third-order valence-corrected chi connectivity index (χ3v) is 4.10. The van der Waals surface area contributed by atoms with Gasteiger partial charge in [0, 0.05) is 35.1 Å². The molecule has 6 heteroatoms. The first kappa shape index (κ1) is 15.6. The molecule has 2 aromatic carbocycles. The Morgan fingerprint density at radius 3 is 2.74 bits per heavy atom. The first-order valence-electron chi connectivity index (χ1n) is 6.95. The second-order valence-corrected chi connectivity index (χ2v) is 5.92. The summed E-state index contributed by atoms with van der Waals surface area (Å²) in [6.45, 7) is 0.536. The molecular formula is C17H14Cl2N4. The van der Waals surface area contributed by atoms with E-state index in [-0.39, 0.29) is 5.84 Å². The number of nitrogens with two attached hydrogens (primary N) is 1. The minimum Gasteiger partial charge on any atom is -0.384 e. The van der Waals surface area contributed by atoms with Gasteiger partial charge in [0.2, 0.25) is 0 Å². The topological polar surface area (TPSA) is 67.7 Å². The number of aromatic nitrogens is 2. The van der Waals surface area contributed by atoms with Crippen LogP contribution < -0.4 is 5.73 Å². The molecule has 0 fully saturated rings. The van der Waals surface area contributed by atoms with Gasteiger partial charge in [-0.2, -0.15) is 0 Å². The third-order valence-electron chi connectivity index (χ3n) is 3.53. The lowest BCUT2D eigenvalue weighted by Gasteiger charge is -2.12.